The van der Waals surface area contributed by atoms with Crippen molar-refractivity contribution < 1.29 is 19.1 Å². The molecule has 1 heterocycles. The molecule has 1 N–H and O–H groups in total. The van der Waals surface area contributed by atoms with E-state index in [4.69, 9.17) is 21.7 Å². The lowest BCUT2D eigenvalue weighted by Gasteiger charge is -2.29. The zero-order chi connectivity index (χ0) is 21.0. The van der Waals surface area contributed by atoms with Crippen molar-refractivity contribution in [2.45, 2.75) is 20.8 Å². The van der Waals surface area contributed by atoms with Crippen LogP contribution in [0.3, 0.4) is 0 Å². The number of carbonyl (C=O) groups is 2. The van der Waals surface area contributed by atoms with Crippen molar-refractivity contribution >= 4 is 40.9 Å². The highest BCUT2D eigenvalue weighted by molar-refractivity contribution is 7.80. The third-order valence-electron chi connectivity index (χ3n) is 4.29. The Hall–Kier alpha value is -3.19. The molecule has 0 spiro atoms. The fourth-order valence-corrected chi connectivity index (χ4v) is 3.19. The molecule has 29 heavy (non-hydrogen) atoms. The molecule has 1 aliphatic rings. The zero-order valence-electron chi connectivity index (χ0n) is 16.5. The molecule has 150 valence electrons. The van der Waals surface area contributed by atoms with Gasteiger partial charge in [0.05, 0.1) is 18.9 Å². The molecule has 1 fully saturated rings. The molecule has 3 rings (SSSR count). The van der Waals surface area contributed by atoms with Gasteiger partial charge in [-0.15, -0.1) is 0 Å². The van der Waals surface area contributed by atoms with Gasteiger partial charge in [0, 0.05) is 11.6 Å². The summed E-state index contributed by atoms with van der Waals surface area (Å²) in [6, 6.07) is 12.6. The van der Waals surface area contributed by atoms with E-state index < -0.39 is 11.8 Å². The lowest BCUT2D eigenvalue weighted by Crippen LogP contribution is -2.54. The van der Waals surface area contributed by atoms with Crippen LogP contribution < -0.4 is 19.7 Å². The number of aryl methyl sites for hydroxylation is 1. The predicted octanol–water partition coefficient (Wildman–Crippen LogP) is 3.62. The Kier molecular flexibility index (Phi) is 6.29. The van der Waals surface area contributed by atoms with Gasteiger partial charge in [0.1, 0.15) is 17.1 Å². The highest BCUT2D eigenvalue weighted by Crippen LogP contribution is 2.29. The first-order valence-electron chi connectivity index (χ1n) is 9.32. The fraction of sp³-hybridized carbons (Fsp3) is 0.227. The number of ether oxygens (including phenoxy) is 2. The summed E-state index contributed by atoms with van der Waals surface area (Å²) < 4.78 is 11.2. The number of nitrogens with one attached hydrogen (secondary N) is 1. The van der Waals surface area contributed by atoms with Gasteiger partial charge in [0.15, 0.2) is 5.11 Å². The molecule has 0 saturated carbocycles. The molecule has 0 atom stereocenters. The summed E-state index contributed by atoms with van der Waals surface area (Å²) in [6.07, 6.45) is 1.52. The third-order valence-corrected chi connectivity index (χ3v) is 4.57. The van der Waals surface area contributed by atoms with Crippen molar-refractivity contribution in [3.05, 3.63) is 59.2 Å². The minimum absolute atomic E-state index is 0.0238. The molecule has 0 radical (unpaired) electrons. The van der Waals surface area contributed by atoms with E-state index in [0.717, 1.165) is 5.56 Å². The Balaban J connectivity index is 2.01. The minimum atomic E-state index is -0.542. The second kappa shape index (κ2) is 8.87. The van der Waals surface area contributed by atoms with Gasteiger partial charge in [-0.25, -0.2) is 0 Å². The number of amides is 2. The number of rotatable bonds is 6. The molecule has 0 aromatic heterocycles. The average molecular weight is 410 g/mol. The van der Waals surface area contributed by atoms with Crippen molar-refractivity contribution in [3.8, 4) is 11.5 Å². The maximum atomic E-state index is 13.1. The minimum Gasteiger partial charge on any atom is -0.494 e. The van der Waals surface area contributed by atoms with Crippen molar-refractivity contribution in [2.75, 3.05) is 18.1 Å². The maximum absolute atomic E-state index is 13.1. The first-order valence-corrected chi connectivity index (χ1v) is 9.73. The van der Waals surface area contributed by atoms with E-state index in [2.05, 4.69) is 5.32 Å². The highest BCUT2D eigenvalue weighted by Gasteiger charge is 2.34. The summed E-state index contributed by atoms with van der Waals surface area (Å²) in [6.45, 7) is 6.67. The molecule has 1 saturated heterocycles. The fourth-order valence-electron chi connectivity index (χ4n) is 2.91. The normalized spacial score (nSPS) is 15.5. The lowest BCUT2D eigenvalue weighted by atomic mass is 10.1. The molecule has 6 nitrogen and oxygen atoms in total. The van der Waals surface area contributed by atoms with Crippen LogP contribution in [-0.4, -0.2) is 30.1 Å². The Morgan fingerprint density at radius 2 is 1.72 bits per heavy atom. The summed E-state index contributed by atoms with van der Waals surface area (Å²) in [5.41, 5.74) is 2.22. The first-order chi connectivity index (χ1) is 13.9. The smallest absolute Gasteiger partial charge is 0.270 e. The average Bonchev–Trinajstić information content (AvgIpc) is 2.68. The maximum Gasteiger partial charge on any atom is 0.270 e. The van der Waals surface area contributed by atoms with Crippen LogP contribution >= 0.6 is 12.2 Å². The molecule has 0 bridgehead atoms. The number of hydrogen-bond donors (Lipinski definition) is 1. The molecule has 2 aromatic carbocycles. The van der Waals surface area contributed by atoms with E-state index in [0.29, 0.717) is 36.0 Å². The van der Waals surface area contributed by atoms with Gasteiger partial charge in [-0.05, 0) is 63.3 Å². The van der Waals surface area contributed by atoms with Crippen LogP contribution in [-0.2, 0) is 9.59 Å². The van der Waals surface area contributed by atoms with Gasteiger partial charge < -0.3 is 9.47 Å². The quantitative estimate of drug-likeness (QED) is 0.448. The predicted molar refractivity (Wildman–Crippen MR) is 116 cm³/mol. The summed E-state index contributed by atoms with van der Waals surface area (Å²) in [7, 11) is 0. The second-order valence-electron chi connectivity index (χ2n) is 6.36. The molecule has 1 aliphatic heterocycles. The van der Waals surface area contributed by atoms with Gasteiger partial charge in [-0.2, -0.15) is 0 Å². The lowest BCUT2D eigenvalue weighted by molar-refractivity contribution is -0.122. The molecule has 2 amide bonds. The van der Waals surface area contributed by atoms with E-state index >= 15 is 0 Å². The molecule has 0 aliphatic carbocycles. The number of benzene rings is 2. The number of anilines is 1. The monoisotopic (exact) mass is 410 g/mol. The van der Waals surface area contributed by atoms with E-state index in [-0.39, 0.29) is 10.7 Å². The third kappa shape index (κ3) is 4.46. The van der Waals surface area contributed by atoms with Gasteiger partial charge in [-0.1, -0.05) is 17.7 Å². The number of thiocarbonyl (C=S) groups is 1. The van der Waals surface area contributed by atoms with Crippen molar-refractivity contribution in [2.24, 2.45) is 0 Å². The SMILES string of the molecule is CCOc1ccc(/C=C2\C(=O)NC(=S)N(c3ccc(C)cc3)C2=O)c(OCC)c1. The van der Waals surface area contributed by atoms with Crippen LogP contribution in [0.2, 0.25) is 0 Å². The van der Waals surface area contributed by atoms with Crippen LogP contribution in [0, 0.1) is 6.92 Å². The summed E-state index contributed by atoms with van der Waals surface area (Å²) in [4.78, 5) is 26.9. The summed E-state index contributed by atoms with van der Waals surface area (Å²) >= 11 is 5.23. The van der Waals surface area contributed by atoms with Gasteiger partial charge in [0.2, 0.25) is 0 Å². The number of carbonyl (C=O) groups excluding carboxylic acids is 2. The van der Waals surface area contributed by atoms with Crippen LogP contribution in [0.5, 0.6) is 11.5 Å². The first kappa shape index (κ1) is 20.5. The number of hydrogen-bond acceptors (Lipinski definition) is 5. The van der Waals surface area contributed by atoms with Crippen LogP contribution in [0.25, 0.3) is 6.08 Å². The topological polar surface area (TPSA) is 67.9 Å². The molecule has 7 heteroatoms. The van der Waals surface area contributed by atoms with Gasteiger partial charge in [-0.3, -0.25) is 19.8 Å². The van der Waals surface area contributed by atoms with Crippen molar-refractivity contribution in [3.63, 3.8) is 0 Å². The zero-order valence-corrected chi connectivity index (χ0v) is 17.3. The largest absolute Gasteiger partial charge is 0.494 e. The standard InChI is InChI=1S/C22H22N2O4S/c1-4-27-17-11-8-15(19(13-17)28-5-2)12-18-20(25)23-22(29)24(21(18)26)16-9-6-14(3)7-10-16/h6-13H,4-5H2,1-3H3,(H,23,25,29)/b18-12+. The Bertz CT molecular complexity index is 983. The van der Waals surface area contributed by atoms with E-state index in [1.54, 1.807) is 30.3 Å². The molecular formula is C22H22N2O4S. The Morgan fingerprint density at radius 3 is 2.38 bits per heavy atom. The van der Waals surface area contributed by atoms with Crippen LogP contribution in [0.4, 0.5) is 5.69 Å². The second-order valence-corrected chi connectivity index (χ2v) is 6.75. The summed E-state index contributed by atoms with van der Waals surface area (Å²) in [5.74, 6) is 0.153. The van der Waals surface area contributed by atoms with E-state index in [9.17, 15) is 9.59 Å². The van der Waals surface area contributed by atoms with Crippen LogP contribution in [0.15, 0.2) is 48.0 Å². The summed E-state index contributed by atoms with van der Waals surface area (Å²) in [5, 5.41) is 2.64. The highest BCUT2D eigenvalue weighted by atomic mass is 32.1. The Labute approximate surface area is 175 Å². The Morgan fingerprint density at radius 1 is 1.03 bits per heavy atom. The number of nitrogens with zero attached hydrogens (tertiary/aromatic N) is 1. The van der Waals surface area contributed by atoms with E-state index in [1.807, 2.05) is 32.9 Å². The molecule has 2 aromatic rings. The molecule has 0 unspecified atom stereocenters. The van der Waals surface area contributed by atoms with E-state index in [1.165, 1.54) is 11.0 Å². The van der Waals surface area contributed by atoms with Gasteiger partial charge >= 0.3 is 0 Å². The van der Waals surface area contributed by atoms with Crippen molar-refractivity contribution in [1.29, 1.82) is 0 Å². The van der Waals surface area contributed by atoms with Gasteiger partial charge in [0.25, 0.3) is 11.8 Å². The molecular weight excluding hydrogens is 388 g/mol. The van der Waals surface area contributed by atoms with Crippen LogP contribution in [0.1, 0.15) is 25.0 Å². The van der Waals surface area contributed by atoms with Crippen molar-refractivity contribution in [1.82, 2.24) is 5.32 Å².